The molecule has 1 aromatic rings. The number of allylic oxidation sites excluding steroid dienone is 1. The van der Waals surface area contributed by atoms with Gasteiger partial charge in [-0.3, -0.25) is 0 Å². The molecule has 2 nitrogen and oxygen atoms in total. The Morgan fingerprint density at radius 1 is 1.29 bits per heavy atom. The van der Waals surface area contributed by atoms with Crippen LogP contribution in [0.1, 0.15) is 23.6 Å². The Kier molecular flexibility index (Phi) is 3.71. The predicted octanol–water partition coefficient (Wildman–Crippen LogP) is 3.46. The van der Waals surface area contributed by atoms with Crippen LogP contribution < -0.4 is 0 Å². The lowest BCUT2D eigenvalue weighted by Gasteiger charge is -2.20. The lowest BCUT2D eigenvalue weighted by Crippen LogP contribution is -2.21. The van der Waals surface area contributed by atoms with E-state index in [1.165, 1.54) is 5.56 Å². The van der Waals surface area contributed by atoms with E-state index >= 15 is 0 Å². The summed E-state index contributed by atoms with van der Waals surface area (Å²) >= 11 is 0. The number of nitrogens with zero attached hydrogens (tertiary/aromatic N) is 2. The molecule has 17 heavy (non-hydrogen) atoms. The minimum Gasteiger partial charge on any atom is -0.196 e. The van der Waals surface area contributed by atoms with Crippen molar-refractivity contribution in [2.24, 2.45) is 5.41 Å². The maximum atomic E-state index is 9.22. The predicted molar refractivity (Wildman–Crippen MR) is 68.1 cm³/mol. The molecule has 0 atom stereocenters. The topological polar surface area (TPSA) is 47.6 Å². The van der Waals surface area contributed by atoms with Crippen molar-refractivity contribution >= 4 is 0 Å². The Balaban J connectivity index is 3.17. The first-order valence-corrected chi connectivity index (χ1v) is 5.50. The molecule has 1 aromatic carbocycles. The molecule has 0 amide bonds. The molecule has 2 heteroatoms. The average Bonchev–Trinajstić information content (AvgIpc) is 2.28. The summed E-state index contributed by atoms with van der Waals surface area (Å²) in [7, 11) is 0. The van der Waals surface area contributed by atoms with E-state index in [9.17, 15) is 10.5 Å². The summed E-state index contributed by atoms with van der Waals surface area (Å²) < 4.78 is 0. The van der Waals surface area contributed by atoms with Crippen molar-refractivity contribution in [1.29, 1.82) is 10.5 Å². The second kappa shape index (κ2) is 4.85. The van der Waals surface area contributed by atoms with Gasteiger partial charge in [-0.1, -0.05) is 30.3 Å². The van der Waals surface area contributed by atoms with Crippen molar-refractivity contribution in [3.05, 3.63) is 47.0 Å². The summed E-state index contributed by atoms with van der Waals surface area (Å²) in [5.74, 6) is 0. The molecular weight excluding hydrogens is 208 g/mol. The fraction of sp³-hybridized carbons (Fsp3) is 0.333. The zero-order chi connectivity index (χ0) is 13.1. The van der Waals surface area contributed by atoms with E-state index in [0.717, 1.165) is 11.1 Å². The van der Waals surface area contributed by atoms with Crippen molar-refractivity contribution in [3.8, 4) is 12.1 Å². The first kappa shape index (κ1) is 13.0. The van der Waals surface area contributed by atoms with Gasteiger partial charge < -0.3 is 0 Å². The maximum absolute atomic E-state index is 9.22. The summed E-state index contributed by atoms with van der Waals surface area (Å²) in [6, 6.07) is 10.2. The number of nitriles is 2. The smallest absolute Gasteiger partial charge is 0.168 e. The number of rotatable bonds is 3. The Morgan fingerprint density at radius 2 is 1.88 bits per heavy atom. The number of benzene rings is 1. The summed E-state index contributed by atoms with van der Waals surface area (Å²) in [5.41, 5.74) is 2.81. The van der Waals surface area contributed by atoms with Crippen LogP contribution in [0.25, 0.3) is 0 Å². The van der Waals surface area contributed by atoms with Gasteiger partial charge in [0.2, 0.25) is 0 Å². The van der Waals surface area contributed by atoms with Gasteiger partial charge in [0, 0.05) is 6.42 Å². The second-order valence-electron chi connectivity index (χ2n) is 4.52. The standard InChI is InChI=1S/C15H16N2/c1-11(2)15(9-16,10-17)8-14-6-5-12(3)7-13(14)4/h5-7H,1,8H2,2-4H3. The molecule has 1 rings (SSSR count). The molecule has 0 radical (unpaired) electrons. The van der Waals surface area contributed by atoms with E-state index in [4.69, 9.17) is 0 Å². The highest BCUT2D eigenvalue weighted by atomic mass is 14.4. The Hall–Kier alpha value is -2.06. The second-order valence-corrected chi connectivity index (χ2v) is 4.52. The number of aryl methyl sites for hydroxylation is 2. The van der Waals surface area contributed by atoms with Gasteiger partial charge in [-0.25, -0.2) is 0 Å². The fourth-order valence-electron chi connectivity index (χ4n) is 1.78. The highest BCUT2D eigenvalue weighted by Crippen LogP contribution is 2.30. The minimum absolute atomic E-state index is 0.404. The highest BCUT2D eigenvalue weighted by Gasteiger charge is 2.31. The quantitative estimate of drug-likeness (QED) is 0.738. The van der Waals surface area contributed by atoms with E-state index in [1.807, 2.05) is 26.0 Å². The third-order valence-corrected chi connectivity index (χ3v) is 3.06. The van der Waals surface area contributed by atoms with Crippen LogP contribution in [0, 0.1) is 41.9 Å². The van der Waals surface area contributed by atoms with Crippen molar-refractivity contribution in [2.75, 3.05) is 0 Å². The van der Waals surface area contributed by atoms with E-state index in [1.54, 1.807) is 6.92 Å². The van der Waals surface area contributed by atoms with E-state index in [2.05, 4.69) is 24.8 Å². The van der Waals surface area contributed by atoms with Gasteiger partial charge in [-0.2, -0.15) is 10.5 Å². The molecule has 0 fully saturated rings. The largest absolute Gasteiger partial charge is 0.196 e. The lowest BCUT2D eigenvalue weighted by atomic mass is 9.78. The van der Waals surface area contributed by atoms with Gasteiger partial charge >= 0.3 is 0 Å². The molecule has 0 N–H and O–H groups in total. The third kappa shape index (κ3) is 2.55. The van der Waals surface area contributed by atoms with Gasteiger partial charge in [0.1, 0.15) is 0 Å². The normalized spacial score (nSPS) is 10.4. The molecule has 0 spiro atoms. The van der Waals surface area contributed by atoms with E-state index < -0.39 is 5.41 Å². The lowest BCUT2D eigenvalue weighted by molar-refractivity contribution is 0.613. The van der Waals surface area contributed by atoms with Crippen LogP contribution in [0.3, 0.4) is 0 Å². The van der Waals surface area contributed by atoms with E-state index in [0.29, 0.717) is 12.0 Å². The summed E-state index contributed by atoms with van der Waals surface area (Å²) in [6.07, 6.45) is 0.404. The average molecular weight is 224 g/mol. The van der Waals surface area contributed by atoms with Crippen LogP contribution in [-0.4, -0.2) is 0 Å². The molecule has 0 aromatic heterocycles. The number of hydrogen-bond acceptors (Lipinski definition) is 2. The monoisotopic (exact) mass is 224 g/mol. The molecule has 0 saturated heterocycles. The van der Waals surface area contributed by atoms with Crippen molar-refractivity contribution < 1.29 is 0 Å². The zero-order valence-electron chi connectivity index (χ0n) is 10.5. The SMILES string of the molecule is C=C(C)C(C#N)(C#N)Cc1ccc(C)cc1C. The van der Waals surface area contributed by atoms with Crippen LogP contribution in [0.5, 0.6) is 0 Å². The summed E-state index contributed by atoms with van der Waals surface area (Å²) in [4.78, 5) is 0. The Bertz CT molecular complexity index is 513. The molecule has 0 aliphatic carbocycles. The van der Waals surface area contributed by atoms with Crippen LogP contribution in [0.15, 0.2) is 30.4 Å². The molecule has 86 valence electrons. The van der Waals surface area contributed by atoms with Crippen molar-refractivity contribution in [1.82, 2.24) is 0 Å². The molecule has 0 saturated carbocycles. The van der Waals surface area contributed by atoms with Gasteiger partial charge in [-0.15, -0.1) is 0 Å². The maximum Gasteiger partial charge on any atom is 0.168 e. The zero-order valence-corrected chi connectivity index (χ0v) is 10.5. The fourth-order valence-corrected chi connectivity index (χ4v) is 1.78. The molecule has 0 aliphatic rings. The van der Waals surface area contributed by atoms with Crippen LogP contribution in [0.4, 0.5) is 0 Å². The van der Waals surface area contributed by atoms with Gasteiger partial charge in [0.05, 0.1) is 12.1 Å². The van der Waals surface area contributed by atoms with Crippen molar-refractivity contribution in [3.63, 3.8) is 0 Å². The summed E-state index contributed by atoms with van der Waals surface area (Å²) in [6.45, 7) is 9.53. The first-order valence-electron chi connectivity index (χ1n) is 5.50. The Labute approximate surface area is 103 Å². The Morgan fingerprint density at radius 3 is 2.29 bits per heavy atom. The van der Waals surface area contributed by atoms with Gasteiger partial charge in [0.25, 0.3) is 0 Å². The first-order chi connectivity index (χ1) is 7.95. The third-order valence-electron chi connectivity index (χ3n) is 3.06. The molecule has 0 heterocycles. The minimum atomic E-state index is -1.11. The van der Waals surface area contributed by atoms with Crippen LogP contribution in [-0.2, 0) is 6.42 Å². The van der Waals surface area contributed by atoms with Crippen LogP contribution >= 0.6 is 0 Å². The van der Waals surface area contributed by atoms with Crippen LogP contribution in [0.2, 0.25) is 0 Å². The molecular formula is C15H16N2. The summed E-state index contributed by atoms with van der Waals surface area (Å²) in [5, 5.41) is 18.4. The molecule has 0 unspecified atom stereocenters. The highest BCUT2D eigenvalue weighted by molar-refractivity contribution is 5.38. The van der Waals surface area contributed by atoms with Gasteiger partial charge in [-0.05, 0) is 37.5 Å². The number of hydrogen-bond donors (Lipinski definition) is 0. The van der Waals surface area contributed by atoms with E-state index in [-0.39, 0.29) is 0 Å². The van der Waals surface area contributed by atoms with Crippen molar-refractivity contribution in [2.45, 2.75) is 27.2 Å². The molecule has 0 aliphatic heterocycles. The van der Waals surface area contributed by atoms with Gasteiger partial charge in [0.15, 0.2) is 5.41 Å². The molecule has 0 bridgehead atoms.